The number of ketones is 1. The van der Waals surface area contributed by atoms with Crippen LogP contribution in [0.4, 0.5) is 0 Å². The van der Waals surface area contributed by atoms with Gasteiger partial charge in [-0.3, -0.25) is 9.59 Å². The molecule has 180 valence electrons. The van der Waals surface area contributed by atoms with Crippen LogP contribution in [-0.2, 0) is 14.3 Å². The number of furan rings is 1. The lowest BCUT2D eigenvalue weighted by atomic mass is 9.36. The molecule has 0 spiro atoms. The summed E-state index contributed by atoms with van der Waals surface area (Å²) in [4.78, 5) is 25.3. The molecule has 8 unspecified atom stereocenters. The van der Waals surface area contributed by atoms with Crippen LogP contribution in [0.2, 0.25) is 0 Å². The Hall–Kier alpha value is -1.88. The lowest BCUT2D eigenvalue weighted by molar-refractivity contribution is -0.245. The number of ether oxygens (including phenoxy) is 1. The normalized spacial score (nSPS) is 46.1. The molecule has 0 saturated heterocycles. The van der Waals surface area contributed by atoms with E-state index in [1.54, 1.807) is 6.26 Å². The Kier molecular flexibility index (Phi) is 4.90. The van der Waals surface area contributed by atoms with Crippen molar-refractivity contribution in [3.63, 3.8) is 0 Å². The molecule has 1 aromatic rings. The first-order chi connectivity index (χ1) is 15.4. The molecule has 0 aliphatic heterocycles. The van der Waals surface area contributed by atoms with Gasteiger partial charge in [-0.05, 0) is 60.0 Å². The molecule has 5 heteroatoms. The van der Waals surface area contributed by atoms with Crippen LogP contribution in [0.3, 0.4) is 0 Å². The molecule has 3 fully saturated rings. The van der Waals surface area contributed by atoms with Crippen molar-refractivity contribution >= 4 is 11.8 Å². The summed E-state index contributed by atoms with van der Waals surface area (Å²) in [6, 6.07) is 2.06. The minimum atomic E-state index is -0.858. The van der Waals surface area contributed by atoms with Gasteiger partial charge < -0.3 is 14.3 Å². The summed E-state index contributed by atoms with van der Waals surface area (Å²) in [5, 5.41) is 12.1. The van der Waals surface area contributed by atoms with Crippen molar-refractivity contribution in [1.82, 2.24) is 0 Å². The van der Waals surface area contributed by atoms with Gasteiger partial charge in [0.05, 0.1) is 12.5 Å². The minimum absolute atomic E-state index is 0.0833. The quantitative estimate of drug-likeness (QED) is 0.476. The average molecular weight is 455 g/mol. The highest BCUT2D eigenvalue weighted by Gasteiger charge is 2.72. The van der Waals surface area contributed by atoms with Gasteiger partial charge in [0.1, 0.15) is 18.0 Å². The van der Waals surface area contributed by atoms with E-state index in [2.05, 4.69) is 32.9 Å². The number of carbonyl (C=O) groups is 2. The summed E-state index contributed by atoms with van der Waals surface area (Å²) in [5.41, 5.74) is 1.05. The van der Waals surface area contributed by atoms with Gasteiger partial charge in [0.15, 0.2) is 0 Å². The SMILES string of the molecule is CC(=O)OC1C2C(C)(C)C(=O)CCC2(C)C2CCC3(C)C(=CCC3c3ccoc3)C2(C)C1O. The molecule has 4 aliphatic carbocycles. The van der Waals surface area contributed by atoms with Gasteiger partial charge in [-0.25, -0.2) is 0 Å². The highest BCUT2D eigenvalue weighted by molar-refractivity contribution is 5.85. The molecule has 0 amide bonds. The van der Waals surface area contributed by atoms with Gasteiger partial charge in [0.2, 0.25) is 0 Å². The molecular weight excluding hydrogens is 416 g/mol. The van der Waals surface area contributed by atoms with Gasteiger partial charge >= 0.3 is 5.97 Å². The van der Waals surface area contributed by atoms with Crippen LogP contribution < -0.4 is 0 Å². The van der Waals surface area contributed by atoms with Crippen molar-refractivity contribution < 1.29 is 23.8 Å². The zero-order chi connectivity index (χ0) is 24.0. The van der Waals surface area contributed by atoms with Gasteiger partial charge in [-0.15, -0.1) is 0 Å². The van der Waals surface area contributed by atoms with Gasteiger partial charge in [-0.2, -0.15) is 0 Å². The molecule has 4 aliphatic rings. The topological polar surface area (TPSA) is 76.7 Å². The maximum Gasteiger partial charge on any atom is 0.303 e. The van der Waals surface area contributed by atoms with E-state index in [0.29, 0.717) is 12.3 Å². The third kappa shape index (κ3) is 2.81. The van der Waals surface area contributed by atoms with Gasteiger partial charge in [0, 0.05) is 30.1 Å². The second-order valence-corrected chi connectivity index (χ2v) is 12.4. The van der Waals surface area contributed by atoms with E-state index >= 15 is 0 Å². The predicted octanol–water partition coefficient (Wildman–Crippen LogP) is 5.43. The summed E-state index contributed by atoms with van der Waals surface area (Å²) >= 11 is 0. The molecule has 1 aromatic heterocycles. The van der Waals surface area contributed by atoms with E-state index in [4.69, 9.17) is 9.15 Å². The zero-order valence-corrected chi connectivity index (χ0v) is 20.8. The van der Waals surface area contributed by atoms with E-state index in [0.717, 1.165) is 25.7 Å². The molecule has 3 saturated carbocycles. The molecule has 8 atom stereocenters. The molecule has 0 bridgehead atoms. The smallest absolute Gasteiger partial charge is 0.303 e. The number of esters is 1. The predicted molar refractivity (Wildman–Crippen MR) is 124 cm³/mol. The van der Waals surface area contributed by atoms with Crippen molar-refractivity contribution in [2.45, 2.75) is 91.8 Å². The number of Topliss-reactive ketones (excluding diaryl/α,β-unsaturated/α-hetero) is 1. The van der Waals surface area contributed by atoms with Crippen LogP contribution in [0, 0.1) is 33.5 Å². The number of rotatable bonds is 2. The average Bonchev–Trinajstić information content (AvgIpc) is 3.36. The van der Waals surface area contributed by atoms with E-state index in [9.17, 15) is 14.7 Å². The Morgan fingerprint density at radius 2 is 1.91 bits per heavy atom. The van der Waals surface area contributed by atoms with Crippen LogP contribution in [-0.4, -0.2) is 29.1 Å². The second-order valence-electron chi connectivity index (χ2n) is 12.4. The zero-order valence-electron chi connectivity index (χ0n) is 20.8. The molecule has 1 heterocycles. The largest absolute Gasteiger partial charge is 0.472 e. The molecule has 1 N–H and O–H groups in total. The summed E-state index contributed by atoms with van der Waals surface area (Å²) in [6.07, 6.45) is 8.64. The summed E-state index contributed by atoms with van der Waals surface area (Å²) in [5.74, 6) is 0.135. The number of carbonyl (C=O) groups excluding carboxylic acids is 2. The van der Waals surface area contributed by atoms with E-state index in [1.165, 1.54) is 18.1 Å². The fourth-order valence-corrected chi connectivity index (χ4v) is 9.23. The first kappa shape index (κ1) is 22.9. The fraction of sp³-hybridized carbons (Fsp3) is 0.714. The van der Waals surface area contributed by atoms with Crippen molar-refractivity contribution in [2.75, 3.05) is 0 Å². The lowest BCUT2D eigenvalue weighted by Gasteiger charge is -2.68. The molecular formula is C28H38O5. The van der Waals surface area contributed by atoms with Crippen LogP contribution in [0.25, 0.3) is 0 Å². The fourth-order valence-electron chi connectivity index (χ4n) is 9.23. The molecule has 0 aromatic carbocycles. The maximum atomic E-state index is 13.1. The Morgan fingerprint density at radius 1 is 1.18 bits per heavy atom. The second kappa shape index (κ2) is 7.07. The van der Waals surface area contributed by atoms with Crippen LogP contribution in [0.15, 0.2) is 34.7 Å². The van der Waals surface area contributed by atoms with E-state index in [-0.39, 0.29) is 28.4 Å². The molecule has 5 rings (SSSR count). The first-order valence-electron chi connectivity index (χ1n) is 12.5. The highest BCUT2D eigenvalue weighted by Crippen LogP contribution is 2.73. The van der Waals surface area contributed by atoms with Gasteiger partial charge in [0.25, 0.3) is 0 Å². The van der Waals surface area contributed by atoms with Gasteiger partial charge in [-0.1, -0.05) is 46.3 Å². The summed E-state index contributed by atoms with van der Waals surface area (Å²) < 4.78 is 11.4. The number of hydrogen-bond donors (Lipinski definition) is 1. The number of fused-ring (bicyclic) bond motifs is 5. The van der Waals surface area contributed by atoms with Crippen LogP contribution in [0.5, 0.6) is 0 Å². The Bertz CT molecular complexity index is 1010. The standard InChI is InChI=1S/C28H38O5/c1-16(29)33-22-23-25(2,3)21(30)10-13-27(23,5)20-9-12-26(4)18(17-11-14-32-15-17)7-8-19(26)28(20,6)24(22)31/h8,11,14-15,18,20,22-24,31H,7,9-10,12-13H2,1-6H3. The number of allylic oxidation sites excluding steroid dienone is 1. The minimum Gasteiger partial charge on any atom is -0.472 e. The van der Waals surface area contributed by atoms with Crippen molar-refractivity contribution in [1.29, 1.82) is 0 Å². The summed E-state index contributed by atoms with van der Waals surface area (Å²) in [6.45, 7) is 12.2. The molecule has 5 nitrogen and oxygen atoms in total. The van der Waals surface area contributed by atoms with E-state index < -0.39 is 29.0 Å². The van der Waals surface area contributed by atoms with Crippen molar-refractivity contribution in [3.8, 4) is 0 Å². The number of hydrogen-bond acceptors (Lipinski definition) is 5. The third-order valence-electron chi connectivity index (χ3n) is 10.6. The van der Waals surface area contributed by atoms with Crippen LogP contribution in [0.1, 0.15) is 85.1 Å². The number of aliphatic hydroxyl groups is 1. The van der Waals surface area contributed by atoms with E-state index in [1.807, 2.05) is 20.1 Å². The Morgan fingerprint density at radius 3 is 2.55 bits per heavy atom. The van der Waals surface area contributed by atoms with Crippen LogP contribution >= 0.6 is 0 Å². The Labute approximate surface area is 197 Å². The molecule has 33 heavy (non-hydrogen) atoms. The first-order valence-corrected chi connectivity index (χ1v) is 12.5. The highest BCUT2D eigenvalue weighted by atomic mass is 16.6. The number of aliphatic hydroxyl groups excluding tert-OH is 1. The lowest BCUT2D eigenvalue weighted by Crippen LogP contribution is -2.70. The maximum absolute atomic E-state index is 13.1. The Balaban J connectivity index is 1.65. The third-order valence-corrected chi connectivity index (χ3v) is 10.6. The molecule has 0 radical (unpaired) electrons. The monoisotopic (exact) mass is 454 g/mol. The summed E-state index contributed by atoms with van der Waals surface area (Å²) in [7, 11) is 0. The van der Waals surface area contributed by atoms with Crippen molar-refractivity contribution in [3.05, 3.63) is 35.8 Å². The van der Waals surface area contributed by atoms with Crippen molar-refractivity contribution in [2.24, 2.45) is 33.5 Å².